The van der Waals surface area contributed by atoms with Crippen molar-refractivity contribution in [3.05, 3.63) is 0 Å². The quantitative estimate of drug-likeness (QED) is 0.691. The van der Waals surface area contributed by atoms with E-state index in [9.17, 15) is 9.90 Å². The van der Waals surface area contributed by atoms with Crippen LogP contribution >= 0.6 is 0 Å². The second kappa shape index (κ2) is 4.61. The van der Waals surface area contributed by atoms with Crippen LogP contribution in [-0.2, 0) is 9.47 Å². The first-order valence-corrected chi connectivity index (χ1v) is 4.83. The van der Waals surface area contributed by atoms with Crippen LogP contribution in [0.1, 0.15) is 20.3 Å². The smallest absolute Gasteiger partial charge is 0.407 e. The molecule has 0 radical (unpaired) electrons. The van der Waals surface area contributed by atoms with Gasteiger partial charge in [-0.05, 0) is 13.8 Å². The van der Waals surface area contributed by atoms with Gasteiger partial charge in [-0.15, -0.1) is 0 Å². The summed E-state index contributed by atoms with van der Waals surface area (Å²) in [7, 11) is 0. The molecule has 14 heavy (non-hydrogen) atoms. The number of nitrogens with one attached hydrogen (secondary N) is 1. The first-order valence-electron chi connectivity index (χ1n) is 4.83. The van der Waals surface area contributed by atoms with Crippen LogP contribution in [0.5, 0.6) is 0 Å². The van der Waals surface area contributed by atoms with Crippen molar-refractivity contribution in [1.29, 1.82) is 0 Å². The first kappa shape index (κ1) is 11.3. The molecule has 82 valence electrons. The Morgan fingerprint density at radius 3 is 3.00 bits per heavy atom. The van der Waals surface area contributed by atoms with Crippen molar-refractivity contribution in [2.24, 2.45) is 0 Å². The van der Waals surface area contributed by atoms with E-state index in [1.807, 2.05) is 0 Å². The van der Waals surface area contributed by atoms with Crippen LogP contribution in [0.15, 0.2) is 0 Å². The summed E-state index contributed by atoms with van der Waals surface area (Å²) in [4.78, 5) is 11.0. The second-order valence-electron chi connectivity index (χ2n) is 3.44. The van der Waals surface area contributed by atoms with E-state index in [0.29, 0.717) is 19.6 Å². The summed E-state index contributed by atoms with van der Waals surface area (Å²) < 4.78 is 9.90. The highest BCUT2D eigenvalue weighted by molar-refractivity contribution is 5.67. The molecule has 2 N–H and O–H groups in total. The number of hydrogen-bond acceptors (Lipinski definition) is 4. The molecule has 1 fully saturated rings. The molecule has 1 amide bonds. The fourth-order valence-corrected chi connectivity index (χ4v) is 1.41. The summed E-state index contributed by atoms with van der Waals surface area (Å²) in [5.41, 5.74) is -0.952. The van der Waals surface area contributed by atoms with E-state index in [2.05, 4.69) is 10.1 Å². The van der Waals surface area contributed by atoms with Gasteiger partial charge >= 0.3 is 6.09 Å². The molecule has 1 aliphatic heterocycles. The Bertz CT molecular complexity index is 209. The van der Waals surface area contributed by atoms with Crippen molar-refractivity contribution in [3.8, 4) is 0 Å². The van der Waals surface area contributed by atoms with Crippen molar-refractivity contribution in [2.75, 3.05) is 19.8 Å². The largest absolute Gasteiger partial charge is 0.450 e. The molecule has 0 spiro atoms. The summed E-state index contributed by atoms with van der Waals surface area (Å²) in [5, 5.41) is 12.5. The third-order valence-electron chi connectivity index (χ3n) is 2.47. The van der Waals surface area contributed by atoms with E-state index < -0.39 is 11.7 Å². The summed E-state index contributed by atoms with van der Waals surface area (Å²) in [6.07, 6.45) is -0.204. The second-order valence-corrected chi connectivity index (χ2v) is 3.44. The van der Waals surface area contributed by atoms with Crippen molar-refractivity contribution in [3.63, 3.8) is 0 Å². The normalized spacial score (nSPS) is 31.5. The highest BCUT2D eigenvalue weighted by Crippen LogP contribution is 2.24. The maximum atomic E-state index is 11.0. The Morgan fingerprint density at radius 1 is 1.79 bits per heavy atom. The van der Waals surface area contributed by atoms with Crippen LogP contribution in [0.4, 0.5) is 4.79 Å². The monoisotopic (exact) mass is 203 g/mol. The minimum Gasteiger partial charge on any atom is -0.450 e. The van der Waals surface area contributed by atoms with E-state index in [-0.39, 0.29) is 12.6 Å². The van der Waals surface area contributed by atoms with Crippen molar-refractivity contribution in [1.82, 2.24) is 5.32 Å². The Morgan fingerprint density at radius 2 is 2.50 bits per heavy atom. The Balaban J connectivity index is 2.32. The molecule has 2 atom stereocenters. The van der Waals surface area contributed by atoms with E-state index in [4.69, 9.17) is 4.74 Å². The van der Waals surface area contributed by atoms with Crippen molar-refractivity contribution >= 4 is 6.09 Å². The van der Waals surface area contributed by atoms with Gasteiger partial charge in [0.2, 0.25) is 0 Å². The molecular formula is C9H17NO4. The molecular weight excluding hydrogens is 186 g/mol. The van der Waals surface area contributed by atoms with Gasteiger partial charge in [0.05, 0.1) is 19.3 Å². The van der Waals surface area contributed by atoms with Gasteiger partial charge in [0.15, 0.2) is 0 Å². The van der Waals surface area contributed by atoms with Crippen molar-refractivity contribution in [2.45, 2.75) is 32.0 Å². The lowest BCUT2D eigenvalue weighted by atomic mass is 9.97. The highest BCUT2D eigenvalue weighted by Gasteiger charge is 2.39. The molecule has 0 aromatic rings. The number of carbonyl (C=O) groups is 1. The topological polar surface area (TPSA) is 67.8 Å². The highest BCUT2D eigenvalue weighted by atomic mass is 16.5. The van der Waals surface area contributed by atoms with Gasteiger partial charge in [-0.3, -0.25) is 0 Å². The van der Waals surface area contributed by atoms with Gasteiger partial charge in [-0.1, -0.05) is 0 Å². The maximum Gasteiger partial charge on any atom is 0.407 e. The fourth-order valence-electron chi connectivity index (χ4n) is 1.41. The SMILES string of the molecule is CCOC(=O)NCC1(O)CCOC1C. The summed E-state index contributed by atoms with van der Waals surface area (Å²) in [6, 6.07) is 0. The first-order chi connectivity index (χ1) is 6.58. The minimum absolute atomic E-state index is 0.174. The number of alkyl carbamates (subject to hydrolysis) is 1. The number of aliphatic hydroxyl groups is 1. The molecule has 1 aliphatic rings. The van der Waals surface area contributed by atoms with Gasteiger partial charge in [0.1, 0.15) is 5.60 Å². The number of amides is 1. The van der Waals surface area contributed by atoms with Crippen LogP contribution in [0.2, 0.25) is 0 Å². The van der Waals surface area contributed by atoms with Gasteiger partial charge in [-0.25, -0.2) is 4.79 Å². The molecule has 5 heteroatoms. The maximum absolute atomic E-state index is 11.0. The lowest BCUT2D eigenvalue weighted by Crippen LogP contribution is -2.47. The molecule has 0 aliphatic carbocycles. The zero-order chi connectivity index (χ0) is 10.6. The van der Waals surface area contributed by atoms with Gasteiger partial charge in [0.25, 0.3) is 0 Å². The molecule has 1 heterocycles. The lowest BCUT2D eigenvalue weighted by molar-refractivity contribution is -0.0258. The van der Waals surface area contributed by atoms with Gasteiger partial charge < -0.3 is 19.9 Å². The molecule has 2 unspecified atom stereocenters. The lowest BCUT2D eigenvalue weighted by Gasteiger charge is -2.25. The summed E-state index contributed by atoms with van der Waals surface area (Å²) >= 11 is 0. The molecule has 1 rings (SSSR count). The van der Waals surface area contributed by atoms with E-state index >= 15 is 0 Å². The Kier molecular flexibility index (Phi) is 3.71. The summed E-state index contributed by atoms with van der Waals surface area (Å²) in [6.45, 7) is 4.56. The molecule has 5 nitrogen and oxygen atoms in total. The van der Waals surface area contributed by atoms with Crippen LogP contribution < -0.4 is 5.32 Å². The molecule has 0 aromatic heterocycles. The van der Waals surface area contributed by atoms with Crippen LogP contribution in [0, 0.1) is 0 Å². The van der Waals surface area contributed by atoms with Gasteiger partial charge in [-0.2, -0.15) is 0 Å². The zero-order valence-electron chi connectivity index (χ0n) is 8.58. The number of carbonyl (C=O) groups excluding carboxylic acids is 1. The molecule has 0 bridgehead atoms. The zero-order valence-corrected chi connectivity index (χ0v) is 8.58. The van der Waals surface area contributed by atoms with E-state index in [1.165, 1.54) is 0 Å². The summed E-state index contributed by atoms with van der Waals surface area (Å²) in [5.74, 6) is 0. The standard InChI is InChI=1S/C9H17NO4/c1-3-13-8(11)10-6-9(12)4-5-14-7(9)2/h7,12H,3-6H2,1-2H3,(H,10,11). The predicted octanol–water partition coefficient (Wildman–Crippen LogP) is 0.272. The Hall–Kier alpha value is -0.810. The fraction of sp³-hybridized carbons (Fsp3) is 0.889. The molecule has 1 saturated heterocycles. The van der Waals surface area contributed by atoms with Crippen LogP contribution in [-0.4, -0.2) is 42.7 Å². The van der Waals surface area contributed by atoms with Crippen LogP contribution in [0.25, 0.3) is 0 Å². The van der Waals surface area contributed by atoms with Gasteiger partial charge in [0, 0.05) is 13.0 Å². The van der Waals surface area contributed by atoms with Crippen molar-refractivity contribution < 1.29 is 19.4 Å². The van der Waals surface area contributed by atoms with Crippen LogP contribution in [0.3, 0.4) is 0 Å². The third-order valence-corrected chi connectivity index (χ3v) is 2.47. The minimum atomic E-state index is -0.952. The predicted molar refractivity (Wildman–Crippen MR) is 50.0 cm³/mol. The Labute approximate surface area is 83.4 Å². The molecule has 0 saturated carbocycles. The van der Waals surface area contributed by atoms with E-state index in [0.717, 1.165) is 0 Å². The average Bonchev–Trinajstić information content (AvgIpc) is 2.46. The number of rotatable bonds is 3. The number of hydrogen-bond donors (Lipinski definition) is 2. The van der Waals surface area contributed by atoms with E-state index in [1.54, 1.807) is 13.8 Å². The average molecular weight is 203 g/mol. The third kappa shape index (κ3) is 2.59. The molecule has 0 aromatic carbocycles. The number of ether oxygens (including phenoxy) is 2.